The van der Waals surface area contributed by atoms with Gasteiger partial charge in [0.2, 0.25) is 10.0 Å². The van der Waals surface area contributed by atoms with E-state index in [1.165, 1.54) is 10.6 Å². The SMILES string of the molecule is CS(=O)(=O)N1CCC[C@H](CN)C1. The Kier molecular flexibility index (Phi) is 3.09. The fourth-order valence-corrected chi connectivity index (χ4v) is 2.46. The number of hydrogen-bond acceptors (Lipinski definition) is 3. The van der Waals surface area contributed by atoms with Gasteiger partial charge in [0.25, 0.3) is 0 Å². The zero-order valence-electron chi connectivity index (χ0n) is 7.36. The molecule has 0 aliphatic carbocycles. The summed E-state index contributed by atoms with van der Waals surface area (Å²) in [6.07, 6.45) is 3.25. The maximum absolute atomic E-state index is 11.1. The summed E-state index contributed by atoms with van der Waals surface area (Å²) in [7, 11) is -2.99. The van der Waals surface area contributed by atoms with Crippen LogP contribution in [0, 0.1) is 5.92 Å². The molecule has 1 aliphatic rings. The topological polar surface area (TPSA) is 63.4 Å². The maximum Gasteiger partial charge on any atom is 0.211 e. The summed E-state index contributed by atoms with van der Waals surface area (Å²) in [5.74, 6) is 0.355. The number of nitrogens with two attached hydrogens (primary N) is 1. The molecule has 0 amide bonds. The first-order valence-corrected chi connectivity index (χ1v) is 6.04. The quantitative estimate of drug-likeness (QED) is 0.648. The van der Waals surface area contributed by atoms with Crippen LogP contribution in [0.3, 0.4) is 0 Å². The molecule has 0 aromatic rings. The molecule has 1 rings (SSSR count). The van der Waals surface area contributed by atoms with E-state index in [4.69, 9.17) is 5.73 Å². The monoisotopic (exact) mass is 192 g/mol. The van der Waals surface area contributed by atoms with Gasteiger partial charge in [-0.15, -0.1) is 0 Å². The second-order valence-corrected chi connectivity index (χ2v) is 5.35. The number of nitrogens with zero attached hydrogens (tertiary/aromatic N) is 1. The van der Waals surface area contributed by atoms with Gasteiger partial charge in [0.15, 0.2) is 0 Å². The highest BCUT2D eigenvalue weighted by atomic mass is 32.2. The van der Waals surface area contributed by atoms with Gasteiger partial charge in [-0.3, -0.25) is 0 Å². The van der Waals surface area contributed by atoms with Gasteiger partial charge in [-0.25, -0.2) is 12.7 Å². The Morgan fingerprint density at radius 1 is 1.58 bits per heavy atom. The number of hydrogen-bond donors (Lipinski definition) is 1. The second kappa shape index (κ2) is 3.72. The molecule has 1 heterocycles. The van der Waals surface area contributed by atoms with Crippen molar-refractivity contribution in [1.82, 2.24) is 4.31 Å². The summed E-state index contributed by atoms with van der Waals surface area (Å²) in [4.78, 5) is 0. The van der Waals surface area contributed by atoms with Crippen molar-refractivity contribution in [2.24, 2.45) is 11.7 Å². The lowest BCUT2D eigenvalue weighted by Crippen LogP contribution is -2.41. The molecule has 2 N–H and O–H groups in total. The van der Waals surface area contributed by atoms with Crippen molar-refractivity contribution in [2.75, 3.05) is 25.9 Å². The summed E-state index contributed by atoms with van der Waals surface area (Å²) in [5, 5.41) is 0. The summed E-state index contributed by atoms with van der Waals surface area (Å²) < 4.78 is 23.8. The lowest BCUT2D eigenvalue weighted by atomic mass is 10.0. The minimum absolute atomic E-state index is 0.355. The third-order valence-corrected chi connectivity index (χ3v) is 3.55. The molecular weight excluding hydrogens is 176 g/mol. The lowest BCUT2D eigenvalue weighted by Gasteiger charge is -2.29. The minimum Gasteiger partial charge on any atom is -0.330 e. The molecule has 0 saturated carbocycles. The number of sulfonamides is 1. The molecule has 12 heavy (non-hydrogen) atoms. The van der Waals surface area contributed by atoms with Crippen molar-refractivity contribution in [3.63, 3.8) is 0 Å². The summed E-state index contributed by atoms with van der Waals surface area (Å²) >= 11 is 0. The van der Waals surface area contributed by atoms with Crippen molar-refractivity contribution in [3.05, 3.63) is 0 Å². The van der Waals surface area contributed by atoms with Crippen LogP contribution in [-0.2, 0) is 10.0 Å². The van der Waals surface area contributed by atoms with E-state index in [-0.39, 0.29) is 0 Å². The zero-order chi connectivity index (χ0) is 9.19. The molecule has 4 nitrogen and oxygen atoms in total. The van der Waals surface area contributed by atoms with E-state index >= 15 is 0 Å². The fourth-order valence-electron chi connectivity index (χ4n) is 1.52. The van der Waals surface area contributed by atoms with Gasteiger partial charge < -0.3 is 5.73 Å². The van der Waals surface area contributed by atoms with Gasteiger partial charge in [0.05, 0.1) is 6.26 Å². The minimum atomic E-state index is -2.99. The van der Waals surface area contributed by atoms with Gasteiger partial charge in [0.1, 0.15) is 0 Å². The predicted octanol–water partition coefficient (Wildman–Crippen LogP) is -0.383. The van der Waals surface area contributed by atoms with Crippen LogP contribution < -0.4 is 5.73 Å². The molecule has 0 unspecified atom stereocenters. The molecule has 5 heteroatoms. The van der Waals surface area contributed by atoms with Crippen LogP contribution in [0.1, 0.15) is 12.8 Å². The van der Waals surface area contributed by atoms with Crippen LogP contribution in [0.25, 0.3) is 0 Å². The zero-order valence-corrected chi connectivity index (χ0v) is 8.18. The van der Waals surface area contributed by atoms with E-state index in [9.17, 15) is 8.42 Å². The molecule has 0 aromatic carbocycles. The molecule has 0 aromatic heterocycles. The summed E-state index contributed by atoms with van der Waals surface area (Å²) in [5.41, 5.74) is 5.49. The first kappa shape index (κ1) is 9.95. The van der Waals surface area contributed by atoms with Gasteiger partial charge in [0, 0.05) is 13.1 Å². The highest BCUT2D eigenvalue weighted by Crippen LogP contribution is 2.17. The molecule has 1 fully saturated rings. The molecule has 72 valence electrons. The lowest BCUT2D eigenvalue weighted by molar-refractivity contribution is 0.273. The van der Waals surface area contributed by atoms with Crippen LogP contribution in [0.15, 0.2) is 0 Å². The highest BCUT2D eigenvalue weighted by molar-refractivity contribution is 7.88. The van der Waals surface area contributed by atoms with Crippen LogP contribution in [0.5, 0.6) is 0 Å². The Balaban J connectivity index is 2.58. The number of rotatable bonds is 2. The molecule has 1 aliphatic heterocycles. The van der Waals surface area contributed by atoms with E-state index in [1.807, 2.05) is 0 Å². The van der Waals surface area contributed by atoms with Crippen LogP contribution in [0.2, 0.25) is 0 Å². The molecule has 0 radical (unpaired) electrons. The highest BCUT2D eigenvalue weighted by Gasteiger charge is 2.24. The molecule has 1 atom stereocenters. The van der Waals surface area contributed by atoms with E-state index < -0.39 is 10.0 Å². The van der Waals surface area contributed by atoms with E-state index in [2.05, 4.69) is 0 Å². The standard InChI is InChI=1S/C7H16N2O2S/c1-12(10,11)9-4-2-3-7(5-8)6-9/h7H,2-6,8H2,1H3/t7-/m1/s1. The smallest absolute Gasteiger partial charge is 0.211 e. The van der Waals surface area contributed by atoms with E-state index in [1.54, 1.807) is 0 Å². The third-order valence-electron chi connectivity index (χ3n) is 2.28. The van der Waals surface area contributed by atoms with Crippen molar-refractivity contribution in [3.8, 4) is 0 Å². The van der Waals surface area contributed by atoms with Gasteiger partial charge in [-0.2, -0.15) is 0 Å². The molecule has 0 bridgehead atoms. The average Bonchev–Trinajstić information content (AvgIpc) is 2.03. The summed E-state index contributed by atoms with van der Waals surface area (Å²) in [6, 6.07) is 0. The van der Waals surface area contributed by atoms with Crippen LogP contribution in [0.4, 0.5) is 0 Å². The van der Waals surface area contributed by atoms with E-state index in [0.29, 0.717) is 25.6 Å². The normalized spacial score (nSPS) is 27.3. The first-order chi connectivity index (χ1) is 5.54. The van der Waals surface area contributed by atoms with Crippen molar-refractivity contribution in [2.45, 2.75) is 12.8 Å². The van der Waals surface area contributed by atoms with E-state index in [0.717, 1.165) is 12.8 Å². The third kappa shape index (κ3) is 2.43. The van der Waals surface area contributed by atoms with Crippen LogP contribution >= 0.6 is 0 Å². The van der Waals surface area contributed by atoms with Gasteiger partial charge in [-0.1, -0.05) is 0 Å². The maximum atomic E-state index is 11.1. The Labute approximate surface area is 73.8 Å². The molecule has 1 saturated heterocycles. The fraction of sp³-hybridized carbons (Fsp3) is 1.00. The number of piperidine rings is 1. The predicted molar refractivity (Wildman–Crippen MR) is 48.2 cm³/mol. The van der Waals surface area contributed by atoms with Crippen molar-refractivity contribution in [1.29, 1.82) is 0 Å². The Bertz CT molecular complexity index is 238. The Morgan fingerprint density at radius 2 is 2.25 bits per heavy atom. The largest absolute Gasteiger partial charge is 0.330 e. The first-order valence-electron chi connectivity index (χ1n) is 4.19. The molecular formula is C7H16N2O2S. The van der Waals surface area contributed by atoms with Crippen molar-refractivity contribution < 1.29 is 8.42 Å². The Morgan fingerprint density at radius 3 is 2.75 bits per heavy atom. The molecule has 0 spiro atoms. The Hall–Kier alpha value is -0.130. The second-order valence-electron chi connectivity index (χ2n) is 3.36. The summed E-state index contributed by atoms with van der Waals surface area (Å²) in [6.45, 7) is 1.86. The van der Waals surface area contributed by atoms with Gasteiger partial charge in [-0.05, 0) is 25.3 Å². The van der Waals surface area contributed by atoms with Gasteiger partial charge >= 0.3 is 0 Å². The average molecular weight is 192 g/mol. The van der Waals surface area contributed by atoms with Crippen LogP contribution in [-0.4, -0.2) is 38.6 Å². The van der Waals surface area contributed by atoms with Crippen molar-refractivity contribution >= 4 is 10.0 Å².